The summed E-state index contributed by atoms with van der Waals surface area (Å²) in [5.41, 5.74) is -5.15. The Hall–Kier alpha value is 4.23. The topological polar surface area (TPSA) is 201 Å². The van der Waals surface area contributed by atoms with Crippen molar-refractivity contribution in [3.8, 4) is 0 Å². The number of benzene rings is 2. The molecule has 0 spiro atoms. The first-order chi connectivity index (χ1) is 11.6. The number of fused-ring (bicyclic) bond motifs is 1. The van der Waals surface area contributed by atoms with E-state index in [1.54, 1.807) is 0 Å². The zero-order valence-electron chi connectivity index (χ0n) is 16.8. The van der Waals surface area contributed by atoms with E-state index in [2.05, 4.69) is 0 Å². The molecule has 0 atom stereocenters. The average molecular weight is 539 g/mol. The largest absolute Gasteiger partial charge is 1.00 e. The third kappa shape index (κ3) is 9.94. The van der Waals surface area contributed by atoms with Crippen molar-refractivity contribution in [1.82, 2.24) is 0 Å². The molecule has 0 fully saturated rings. The van der Waals surface area contributed by atoms with E-state index >= 15 is 0 Å². The van der Waals surface area contributed by atoms with Gasteiger partial charge in [0.05, 0.1) is 29.8 Å². The van der Waals surface area contributed by atoms with Crippen LogP contribution in [0.2, 0.25) is 0 Å². The molecule has 0 N–H and O–H groups in total. The molecule has 0 saturated carbocycles. The summed E-state index contributed by atoms with van der Waals surface area (Å²) in [6, 6.07) is 1.34. The zero-order valence-corrected chi connectivity index (χ0v) is 32.4. The van der Waals surface area contributed by atoms with E-state index in [1.165, 1.54) is 0 Å². The van der Waals surface area contributed by atoms with Crippen LogP contribution in [0.1, 0.15) is 51.8 Å². The van der Waals surface area contributed by atoms with E-state index in [0.717, 1.165) is 0 Å². The molecule has 2 aromatic rings. The van der Waals surface area contributed by atoms with Crippen molar-refractivity contribution in [2.24, 2.45) is 0 Å². The monoisotopic (exact) mass is 538 g/mol. The van der Waals surface area contributed by atoms with E-state index in [1.807, 2.05) is 0 Å². The molecule has 2 aromatic carbocycles. The van der Waals surface area contributed by atoms with Crippen LogP contribution >= 0.6 is 0 Å². The van der Waals surface area contributed by atoms with Gasteiger partial charge < -0.3 is 49.5 Å². The van der Waals surface area contributed by atoms with Crippen molar-refractivity contribution < 1.29 is 306 Å². The third-order valence-corrected chi connectivity index (χ3v) is 3.36. The van der Waals surface area contributed by atoms with Crippen LogP contribution in [0, 0.1) is 0 Å². The number of carbonyl (C=O) groups is 5. The Morgan fingerprint density at radius 1 is 0.433 bits per heavy atom. The maximum atomic E-state index is 11.3. The van der Waals surface area contributed by atoms with Gasteiger partial charge in [-0.1, -0.05) is 0 Å². The van der Waals surface area contributed by atoms with Gasteiger partial charge in [-0.25, -0.2) is 0 Å². The van der Waals surface area contributed by atoms with Crippen molar-refractivity contribution >= 4 is 40.6 Å². The Morgan fingerprint density at radius 2 is 0.767 bits per heavy atom. The van der Waals surface area contributed by atoms with Crippen LogP contribution in [0.15, 0.2) is 18.2 Å². The first-order valence-electron chi connectivity index (χ1n) is 6.27. The summed E-state index contributed by atoms with van der Waals surface area (Å²) in [5, 5.41) is 54.3. The summed E-state index contributed by atoms with van der Waals surface area (Å²) in [4.78, 5) is 55.7. The van der Waals surface area contributed by atoms with E-state index in [4.69, 9.17) is 0 Å². The second-order valence-corrected chi connectivity index (χ2v) is 4.73. The molecule has 0 aromatic heterocycles. The van der Waals surface area contributed by atoms with Crippen molar-refractivity contribution in [3.05, 3.63) is 46.0 Å². The number of hydrogen-bond acceptors (Lipinski definition) is 10. The molecule has 0 aliphatic heterocycles. The van der Waals surface area contributed by atoms with Crippen LogP contribution in [-0.2, 0) is 0 Å². The molecule has 0 amide bonds. The summed E-state index contributed by atoms with van der Waals surface area (Å²) in [5.74, 6) is -10.2. The molecule has 0 heterocycles. The summed E-state index contributed by atoms with van der Waals surface area (Å²) in [6.45, 7) is 0. The Morgan fingerprint density at radius 3 is 1.07 bits per heavy atom. The SMILES string of the molecule is O=C([O-])c1cc2c(C(=O)[O-])cc(C(=O)[O-])c(C(=O)[O-])c2cc1C(=O)[O-].[K+].[K+].[K+].[K+].[K+]. The molecule has 0 unspecified atom stereocenters. The fourth-order valence-electron chi connectivity index (χ4n) is 2.36. The van der Waals surface area contributed by atoms with Crippen molar-refractivity contribution in [2.75, 3.05) is 0 Å². The second kappa shape index (κ2) is 18.5. The minimum atomic E-state index is -2.08. The predicted octanol–water partition coefficient (Wildman–Crippen LogP) is -20.3. The molecule has 0 radical (unpaired) electrons. The fraction of sp³-hybridized carbons (Fsp3) is 0. The number of carboxylic acid groups (broad SMARTS) is 5. The van der Waals surface area contributed by atoms with Gasteiger partial charge in [0.1, 0.15) is 0 Å². The normalized spacial score (nSPS) is 8.67. The summed E-state index contributed by atoms with van der Waals surface area (Å²) in [7, 11) is 0. The molecule has 0 bridgehead atoms. The maximum absolute atomic E-state index is 11.3. The molecule has 10 nitrogen and oxygen atoms in total. The first-order valence-corrected chi connectivity index (χ1v) is 6.27. The molecule has 0 aliphatic rings. The molecule has 15 heteroatoms. The van der Waals surface area contributed by atoms with Gasteiger partial charge in [-0.2, -0.15) is 0 Å². The van der Waals surface area contributed by atoms with Crippen LogP contribution in [0.5, 0.6) is 0 Å². The second-order valence-electron chi connectivity index (χ2n) is 4.73. The number of hydrogen-bond donors (Lipinski definition) is 0. The Bertz CT molecular complexity index is 1010. The molecule has 2 rings (SSSR count). The summed E-state index contributed by atoms with van der Waals surface area (Å²) in [6.07, 6.45) is 0. The zero-order chi connectivity index (χ0) is 19.0. The number of rotatable bonds is 5. The fourth-order valence-corrected chi connectivity index (χ4v) is 2.36. The van der Waals surface area contributed by atoms with Gasteiger partial charge in [0, 0.05) is 27.8 Å². The van der Waals surface area contributed by atoms with Crippen molar-refractivity contribution in [1.29, 1.82) is 0 Å². The van der Waals surface area contributed by atoms with E-state index < -0.39 is 68.4 Å². The average Bonchev–Trinajstić information content (AvgIpc) is 2.50. The maximum Gasteiger partial charge on any atom is 1.00 e. The van der Waals surface area contributed by atoms with Gasteiger partial charge in [0.2, 0.25) is 0 Å². The third-order valence-electron chi connectivity index (χ3n) is 3.36. The number of carboxylic acids is 5. The van der Waals surface area contributed by atoms with Crippen LogP contribution in [0.4, 0.5) is 0 Å². The Balaban J connectivity index is -0.000000676. The van der Waals surface area contributed by atoms with Gasteiger partial charge in [0.25, 0.3) is 0 Å². The van der Waals surface area contributed by atoms with Crippen molar-refractivity contribution in [2.45, 2.75) is 0 Å². The van der Waals surface area contributed by atoms with Gasteiger partial charge in [-0.15, -0.1) is 0 Å². The van der Waals surface area contributed by atoms with Crippen molar-refractivity contribution in [3.63, 3.8) is 0 Å². The van der Waals surface area contributed by atoms with Crippen LogP contribution in [0.25, 0.3) is 10.8 Å². The minimum absolute atomic E-state index is 0. The Kier molecular flexibility index (Phi) is 25.5. The Labute approximate surface area is 381 Å². The van der Waals surface area contributed by atoms with E-state index in [-0.39, 0.29) is 257 Å². The molecular weight excluding hydrogens is 536 g/mol. The van der Waals surface area contributed by atoms with E-state index in [9.17, 15) is 49.5 Å². The summed E-state index contributed by atoms with van der Waals surface area (Å²) >= 11 is 0. The van der Waals surface area contributed by atoms with Gasteiger partial charge in [0.15, 0.2) is 0 Å². The quantitative estimate of drug-likeness (QED) is 0.329. The number of aromatic carboxylic acids is 5. The molecule has 128 valence electrons. The standard InChI is InChI=1S/C15H8O10.5K/c16-11(17)6-3-9(14(22)23)10(15(24)25)5-2-8(13(20)21)7(12(18)19)1-4(5)6;;;;;/h1-3H,(H,16,17)(H,18,19)(H,20,21)(H,22,23)(H,24,25);;;;;/q;5*+1/p-5. The van der Waals surface area contributed by atoms with Crippen LogP contribution in [0.3, 0.4) is 0 Å². The van der Waals surface area contributed by atoms with Gasteiger partial charge >= 0.3 is 257 Å². The molecule has 0 aliphatic carbocycles. The van der Waals surface area contributed by atoms with Gasteiger partial charge in [-0.05, 0) is 29.0 Å². The van der Waals surface area contributed by atoms with Crippen LogP contribution < -0.4 is 282 Å². The first kappa shape index (κ1) is 41.4. The van der Waals surface area contributed by atoms with Crippen LogP contribution in [-0.4, -0.2) is 29.8 Å². The predicted molar refractivity (Wildman–Crippen MR) is 65.6 cm³/mol. The smallest absolute Gasteiger partial charge is 0.545 e. The molecular formula is C15H3K5O10. The van der Waals surface area contributed by atoms with E-state index in [0.29, 0.717) is 18.2 Å². The minimum Gasteiger partial charge on any atom is -0.545 e. The molecule has 0 saturated heterocycles. The summed E-state index contributed by atoms with van der Waals surface area (Å²) < 4.78 is 0. The van der Waals surface area contributed by atoms with Gasteiger partial charge in [-0.3, -0.25) is 0 Å². The number of carbonyl (C=O) groups excluding carboxylic acids is 5. The molecule has 30 heavy (non-hydrogen) atoms.